The van der Waals surface area contributed by atoms with Gasteiger partial charge in [0, 0.05) is 31.9 Å². The lowest BCUT2D eigenvalue weighted by atomic mass is 10.0. The van der Waals surface area contributed by atoms with Crippen LogP contribution in [-0.4, -0.2) is 25.0 Å². The van der Waals surface area contributed by atoms with E-state index in [1.165, 1.54) is 17.8 Å². The first kappa shape index (κ1) is 18.1. The van der Waals surface area contributed by atoms with Crippen LogP contribution in [0.4, 0.5) is 5.82 Å². The number of hydrogen-bond donors (Lipinski definition) is 1. The Labute approximate surface area is 160 Å². The van der Waals surface area contributed by atoms with Crippen molar-refractivity contribution >= 4 is 22.8 Å². The van der Waals surface area contributed by atoms with Crippen LogP contribution < -0.4 is 16.6 Å². The lowest BCUT2D eigenvalue weighted by molar-refractivity contribution is 0.102. The van der Waals surface area contributed by atoms with Gasteiger partial charge in [-0.15, -0.1) is 0 Å². The largest absolute Gasteiger partial charge is 0.332 e. The average molecular weight is 379 g/mol. The van der Waals surface area contributed by atoms with Gasteiger partial charge in [-0.25, -0.2) is 14.8 Å². The van der Waals surface area contributed by atoms with Gasteiger partial charge in [-0.3, -0.25) is 18.7 Å². The zero-order valence-corrected chi connectivity index (χ0v) is 16.0. The number of amides is 1. The molecule has 1 amide bonds. The minimum absolute atomic E-state index is 0.273. The molecule has 0 unspecified atom stereocenters. The fourth-order valence-corrected chi connectivity index (χ4v) is 3.46. The predicted octanol–water partition coefficient (Wildman–Crippen LogP) is 1.72. The normalized spacial score (nSPS) is 13.7. The van der Waals surface area contributed by atoms with Gasteiger partial charge in [0.25, 0.3) is 11.5 Å². The highest BCUT2D eigenvalue weighted by atomic mass is 16.2. The molecule has 1 fully saturated rings. The highest BCUT2D eigenvalue weighted by Gasteiger charge is 2.25. The van der Waals surface area contributed by atoms with Gasteiger partial charge in [-0.05, 0) is 37.0 Å². The van der Waals surface area contributed by atoms with Gasteiger partial charge in [-0.2, -0.15) is 0 Å². The third-order valence-corrected chi connectivity index (χ3v) is 5.18. The van der Waals surface area contributed by atoms with Crippen LogP contribution in [0.15, 0.2) is 34.0 Å². The molecule has 3 aromatic heterocycles. The number of hydrogen-bond acceptors (Lipinski definition) is 5. The molecule has 0 spiro atoms. The van der Waals surface area contributed by atoms with Crippen molar-refractivity contribution in [1.29, 1.82) is 0 Å². The molecule has 1 aliphatic carbocycles. The van der Waals surface area contributed by atoms with Crippen LogP contribution in [0, 0.1) is 0 Å². The number of fused-ring (bicyclic) bond motifs is 1. The summed E-state index contributed by atoms with van der Waals surface area (Å²) in [5, 5.41) is 3.10. The van der Waals surface area contributed by atoms with Crippen molar-refractivity contribution in [3.63, 3.8) is 0 Å². The van der Waals surface area contributed by atoms with Gasteiger partial charge in [0.1, 0.15) is 11.5 Å². The SMILES string of the molecule is CCc1c(C(=O)Nc2cccc(C3CC3)n2)cnc2c1c(=O)n(C)c(=O)n2C. The molecule has 28 heavy (non-hydrogen) atoms. The maximum atomic E-state index is 12.9. The number of pyridine rings is 2. The molecular weight excluding hydrogens is 358 g/mol. The van der Waals surface area contributed by atoms with Gasteiger partial charge in [0.2, 0.25) is 0 Å². The molecule has 144 valence electrons. The van der Waals surface area contributed by atoms with Gasteiger partial charge in [-0.1, -0.05) is 13.0 Å². The van der Waals surface area contributed by atoms with E-state index in [0.29, 0.717) is 34.7 Å². The third-order valence-electron chi connectivity index (χ3n) is 5.18. The summed E-state index contributed by atoms with van der Waals surface area (Å²) in [6.45, 7) is 1.86. The van der Waals surface area contributed by atoms with E-state index in [1.807, 2.05) is 19.1 Å². The lowest BCUT2D eigenvalue weighted by Gasteiger charge is -2.13. The molecule has 4 rings (SSSR count). The van der Waals surface area contributed by atoms with Crippen LogP contribution in [0.1, 0.15) is 47.3 Å². The molecule has 0 saturated heterocycles. The summed E-state index contributed by atoms with van der Waals surface area (Å²) < 4.78 is 2.35. The van der Waals surface area contributed by atoms with E-state index in [4.69, 9.17) is 0 Å². The van der Waals surface area contributed by atoms with Crippen molar-refractivity contribution < 1.29 is 4.79 Å². The Kier molecular flexibility index (Phi) is 4.33. The number of aryl methyl sites for hydroxylation is 2. The molecule has 0 bridgehead atoms. The minimum Gasteiger partial charge on any atom is -0.306 e. The smallest absolute Gasteiger partial charge is 0.306 e. The van der Waals surface area contributed by atoms with Crippen LogP contribution in [0.3, 0.4) is 0 Å². The zero-order chi connectivity index (χ0) is 20.0. The van der Waals surface area contributed by atoms with Crippen molar-refractivity contribution in [2.45, 2.75) is 32.1 Å². The first-order valence-corrected chi connectivity index (χ1v) is 9.28. The Bertz CT molecular complexity index is 1220. The van der Waals surface area contributed by atoms with Crippen LogP contribution in [-0.2, 0) is 20.5 Å². The number of anilines is 1. The number of carbonyl (C=O) groups is 1. The van der Waals surface area contributed by atoms with E-state index in [-0.39, 0.29) is 11.6 Å². The maximum Gasteiger partial charge on any atom is 0.332 e. The number of rotatable bonds is 4. The molecule has 0 atom stereocenters. The quantitative estimate of drug-likeness (QED) is 0.744. The molecular formula is C20H21N5O3. The molecule has 0 aliphatic heterocycles. The van der Waals surface area contributed by atoms with Gasteiger partial charge in [0.05, 0.1) is 10.9 Å². The summed E-state index contributed by atoms with van der Waals surface area (Å²) in [6, 6.07) is 5.58. The standard InChI is InChI=1S/C20H21N5O3/c1-4-12-13(10-21-17-16(12)19(27)25(3)20(28)24(17)2)18(26)23-15-7-5-6-14(22-15)11-8-9-11/h5-7,10-11H,4,8-9H2,1-3H3,(H,22,23,26). The topological polar surface area (TPSA) is 98.9 Å². The average Bonchev–Trinajstić information content (AvgIpc) is 3.55. The summed E-state index contributed by atoms with van der Waals surface area (Å²) in [4.78, 5) is 46.5. The first-order valence-electron chi connectivity index (χ1n) is 9.28. The highest BCUT2D eigenvalue weighted by molar-refractivity contribution is 6.06. The second-order valence-electron chi connectivity index (χ2n) is 7.08. The van der Waals surface area contributed by atoms with Gasteiger partial charge < -0.3 is 5.32 Å². The van der Waals surface area contributed by atoms with Crippen molar-refractivity contribution in [3.05, 3.63) is 62.1 Å². The summed E-state index contributed by atoms with van der Waals surface area (Å²) in [6.07, 6.45) is 4.12. The van der Waals surface area contributed by atoms with E-state index in [9.17, 15) is 14.4 Å². The van der Waals surface area contributed by atoms with Crippen LogP contribution in [0.2, 0.25) is 0 Å². The minimum atomic E-state index is -0.453. The second-order valence-corrected chi connectivity index (χ2v) is 7.08. The van der Waals surface area contributed by atoms with E-state index in [1.54, 1.807) is 13.1 Å². The molecule has 1 N–H and O–H groups in total. The van der Waals surface area contributed by atoms with E-state index in [0.717, 1.165) is 23.1 Å². The fraction of sp³-hybridized carbons (Fsp3) is 0.350. The maximum absolute atomic E-state index is 12.9. The van der Waals surface area contributed by atoms with E-state index in [2.05, 4.69) is 15.3 Å². The summed E-state index contributed by atoms with van der Waals surface area (Å²) in [5.74, 6) is 0.585. The number of nitrogens with one attached hydrogen (secondary N) is 1. The highest BCUT2D eigenvalue weighted by Crippen LogP contribution is 2.39. The van der Waals surface area contributed by atoms with E-state index < -0.39 is 11.2 Å². The van der Waals surface area contributed by atoms with Crippen LogP contribution >= 0.6 is 0 Å². The number of carbonyl (C=O) groups excluding carboxylic acids is 1. The molecule has 0 aromatic carbocycles. The Balaban J connectivity index is 1.80. The molecule has 0 radical (unpaired) electrons. The van der Waals surface area contributed by atoms with Gasteiger partial charge >= 0.3 is 5.69 Å². The summed E-state index contributed by atoms with van der Waals surface area (Å²) in [5.41, 5.74) is 1.22. The number of nitrogens with zero attached hydrogens (tertiary/aromatic N) is 4. The Morgan fingerprint density at radius 3 is 2.64 bits per heavy atom. The summed E-state index contributed by atoms with van der Waals surface area (Å²) >= 11 is 0. The Morgan fingerprint density at radius 2 is 1.96 bits per heavy atom. The van der Waals surface area contributed by atoms with E-state index >= 15 is 0 Å². The molecule has 3 aromatic rings. The van der Waals surface area contributed by atoms with Gasteiger partial charge in [0.15, 0.2) is 0 Å². The molecule has 1 saturated carbocycles. The Hall–Kier alpha value is -3.29. The summed E-state index contributed by atoms with van der Waals surface area (Å²) in [7, 11) is 2.98. The molecule has 1 aliphatic rings. The third kappa shape index (κ3) is 2.90. The van der Waals surface area contributed by atoms with Crippen molar-refractivity contribution in [1.82, 2.24) is 19.1 Å². The Morgan fingerprint density at radius 1 is 1.21 bits per heavy atom. The van der Waals surface area contributed by atoms with Crippen molar-refractivity contribution in [2.75, 3.05) is 5.32 Å². The monoisotopic (exact) mass is 379 g/mol. The predicted molar refractivity (Wildman–Crippen MR) is 106 cm³/mol. The van der Waals surface area contributed by atoms with Crippen LogP contribution in [0.25, 0.3) is 11.0 Å². The molecule has 3 heterocycles. The fourth-order valence-electron chi connectivity index (χ4n) is 3.46. The van der Waals surface area contributed by atoms with Crippen molar-refractivity contribution in [3.8, 4) is 0 Å². The lowest BCUT2D eigenvalue weighted by Crippen LogP contribution is -2.38. The van der Waals surface area contributed by atoms with Crippen molar-refractivity contribution in [2.24, 2.45) is 14.1 Å². The zero-order valence-electron chi connectivity index (χ0n) is 16.0. The van der Waals surface area contributed by atoms with Crippen LogP contribution in [0.5, 0.6) is 0 Å². The second kappa shape index (κ2) is 6.70. The number of aromatic nitrogens is 4. The molecule has 8 heteroatoms. The first-order chi connectivity index (χ1) is 13.4. The molecule has 8 nitrogen and oxygen atoms in total.